The molecule has 2 nitrogen and oxygen atoms in total. The second kappa shape index (κ2) is 3.83. The van der Waals surface area contributed by atoms with E-state index in [4.69, 9.17) is 0 Å². The summed E-state index contributed by atoms with van der Waals surface area (Å²) in [5.74, 6) is 0. The monoisotopic (exact) mass is 182 g/mol. The highest BCUT2D eigenvalue weighted by Crippen LogP contribution is 2.17. The molecule has 2 aromatic rings. The second-order valence-electron chi connectivity index (χ2n) is 2.95. The molecule has 0 aliphatic rings. The SMILES string of the molecule is C=Cc1ccc(-c2cncnc2)cc1. The van der Waals surface area contributed by atoms with Crippen LogP contribution < -0.4 is 0 Å². The Balaban J connectivity index is 2.39. The maximum Gasteiger partial charge on any atom is 0.115 e. The van der Waals surface area contributed by atoms with Crippen molar-refractivity contribution in [3.05, 3.63) is 55.1 Å². The van der Waals surface area contributed by atoms with Crippen LogP contribution in [-0.4, -0.2) is 9.97 Å². The highest BCUT2D eigenvalue weighted by molar-refractivity contribution is 5.63. The van der Waals surface area contributed by atoms with Crippen LogP contribution in [0.2, 0.25) is 0 Å². The van der Waals surface area contributed by atoms with Gasteiger partial charge in [0.05, 0.1) is 0 Å². The Morgan fingerprint density at radius 2 is 1.57 bits per heavy atom. The highest BCUT2D eigenvalue weighted by Gasteiger charge is 1.96. The summed E-state index contributed by atoms with van der Waals surface area (Å²) >= 11 is 0. The molecule has 0 radical (unpaired) electrons. The van der Waals surface area contributed by atoms with Crippen molar-refractivity contribution in [1.29, 1.82) is 0 Å². The Bertz CT molecular complexity index is 418. The van der Waals surface area contributed by atoms with E-state index >= 15 is 0 Å². The first-order chi connectivity index (χ1) is 6.90. The molecule has 0 bridgehead atoms. The first kappa shape index (κ1) is 8.63. The maximum atomic E-state index is 3.97. The molecule has 1 aromatic carbocycles. The van der Waals surface area contributed by atoms with Gasteiger partial charge in [0, 0.05) is 18.0 Å². The van der Waals surface area contributed by atoms with Crippen LogP contribution in [0.4, 0.5) is 0 Å². The molecule has 0 saturated carbocycles. The number of hydrogen-bond acceptors (Lipinski definition) is 2. The van der Waals surface area contributed by atoms with Gasteiger partial charge >= 0.3 is 0 Å². The maximum absolute atomic E-state index is 3.97. The van der Waals surface area contributed by atoms with Crippen molar-refractivity contribution in [3.63, 3.8) is 0 Å². The van der Waals surface area contributed by atoms with Crippen molar-refractivity contribution < 1.29 is 0 Å². The average molecular weight is 182 g/mol. The normalized spacial score (nSPS) is 9.71. The van der Waals surface area contributed by atoms with Gasteiger partial charge in [0.15, 0.2) is 0 Å². The molecule has 0 amide bonds. The molecule has 14 heavy (non-hydrogen) atoms. The molecule has 0 spiro atoms. The lowest BCUT2D eigenvalue weighted by molar-refractivity contribution is 1.17. The van der Waals surface area contributed by atoms with Gasteiger partial charge in [0.25, 0.3) is 0 Å². The lowest BCUT2D eigenvalue weighted by Crippen LogP contribution is -1.81. The molecule has 0 unspecified atom stereocenters. The molecule has 1 heterocycles. The zero-order valence-corrected chi connectivity index (χ0v) is 7.72. The minimum absolute atomic E-state index is 1.03. The number of hydrogen-bond donors (Lipinski definition) is 0. The Morgan fingerprint density at radius 1 is 0.929 bits per heavy atom. The third-order valence-electron chi connectivity index (χ3n) is 2.04. The molecule has 0 atom stereocenters. The van der Waals surface area contributed by atoms with Gasteiger partial charge in [0.1, 0.15) is 6.33 Å². The second-order valence-corrected chi connectivity index (χ2v) is 2.95. The van der Waals surface area contributed by atoms with E-state index in [1.54, 1.807) is 12.4 Å². The van der Waals surface area contributed by atoms with Crippen LogP contribution >= 0.6 is 0 Å². The molecule has 2 rings (SSSR count). The summed E-state index contributed by atoms with van der Waals surface area (Å²) in [6.45, 7) is 3.71. The zero-order valence-electron chi connectivity index (χ0n) is 7.72. The summed E-state index contributed by atoms with van der Waals surface area (Å²) in [6.07, 6.45) is 6.96. The van der Waals surface area contributed by atoms with E-state index in [-0.39, 0.29) is 0 Å². The van der Waals surface area contributed by atoms with Crippen molar-refractivity contribution in [2.45, 2.75) is 0 Å². The first-order valence-electron chi connectivity index (χ1n) is 4.38. The van der Waals surface area contributed by atoms with E-state index in [2.05, 4.69) is 16.5 Å². The number of benzene rings is 1. The number of rotatable bonds is 2. The van der Waals surface area contributed by atoms with Crippen molar-refractivity contribution in [3.8, 4) is 11.1 Å². The Morgan fingerprint density at radius 3 is 2.14 bits per heavy atom. The van der Waals surface area contributed by atoms with Gasteiger partial charge < -0.3 is 0 Å². The van der Waals surface area contributed by atoms with Crippen molar-refractivity contribution in [1.82, 2.24) is 9.97 Å². The third-order valence-corrected chi connectivity index (χ3v) is 2.04. The minimum atomic E-state index is 1.03. The van der Waals surface area contributed by atoms with E-state index < -0.39 is 0 Å². The van der Waals surface area contributed by atoms with Crippen LogP contribution in [0.25, 0.3) is 17.2 Å². The van der Waals surface area contributed by atoms with Gasteiger partial charge in [-0.3, -0.25) is 0 Å². The van der Waals surface area contributed by atoms with Crippen molar-refractivity contribution in [2.24, 2.45) is 0 Å². The molecule has 0 aliphatic heterocycles. The van der Waals surface area contributed by atoms with Crippen molar-refractivity contribution >= 4 is 6.08 Å². The quantitative estimate of drug-likeness (QED) is 0.713. The lowest BCUT2D eigenvalue weighted by Gasteiger charge is -2.00. The predicted octanol–water partition coefficient (Wildman–Crippen LogP) is 2.79. The molecule has 1 aromatic heterocycles. The molecule has 0 N–H and O–H groups in total. The summed E-state index contributed by atoms with van der Waals surface area (Å²) in [4.78, 5) is 7.94. The van der Waals surface area contributed by atoms with Crippen LogP contribution in [0.15, 0.2) is 49.6 Å². The molecular weight excluding hydrogens is 172 g/mol. The summed E-state index contributed by atoms with van der Waals surface area (Å²) in [7, 11) is 0. The minimum Gasteiger partial charge on any atom is -0.244 e. The highest BCUT2D eigenvalue weighted by atomic mass is 14.8. The zero-order chi connectivity index (χ0) is 9.80. The first-order valence-corrected chi connectivity index (χ1v) is 4.38. The summed E-state index contributed by atoms with van der Waals surface area (Å²) in [5, 5.41) is 0. The average Bonchev–Trinajstić information content (AvgIpc) is 2.30. The molecule has 68 valence electrons. The third kappa shape index (κ3) is 1.69. The predicted molar refractivity (Wildman–Crippen MR) is 57.6 cm³/mol. The van der Waals surface area contributed by atoms with Crippen LogP contribution in [0.3, 0.4) is 0 Å². The van der Waals surface area contributed by atoms with Crippen LogP contribution in [0.1, 0.15) is 5.56 Å². The fourth-order valence-electron chi connectivity index (χ4n) is 1.26. The van der Waals surface area contributed by atoms with Gasteiger partial charge in [-0.05, 0) is 11.1 Å². The molecule has 2 heteroatoms. The van der Waals surface area contributed by atoms with E-state index in [1.165, 1.54) is 6.33 Å². The van der Waals surface area contributed by atoms with Crippen molar-refractivity contribution in [2.75, 3.05) is 0 Å². The van der Waals surface area contributed by atoms with Crippen LogP contribution in [0.5, 0.6) is 0 Å². The van der Waals surface area contributed by atoms with Gasteiger partial charge in [-0.15, -0.1) is 0 Å². The number of aromatic nitrogens is 2. The fraction of sp³-hybridized carbons (Fsp3) is 0. The Kier molecular flexibility index (Phi) is 2.36. The molecule has 0 aliphatic carbocycles. The van der Waals surface area contributed by atoms with Gasteiger partial charge in [0.2, 0.25) is 0 Å². The topological polar surface area (TPSA) is 25.8 Å². The molecule has 0 saturated heterocycles. The lowest BCUT2D eigenvalue weighted by atomic mass is 10.1. The van der Waals surface area contributed by atoms with E-state index in [1.807, 2.05) is 30.3 Å². The van der Waals surface area contributed by atoms with E-state index in [9.17, 15) is 0 Å². The summed E-state index contributed by atoms with van der Waals surface area (Å²) < 4.78 is 0. The summed E-state index contributed by atoms with van der Waals surface area (Å²) in [5.41, 5.74) is 3.27. The van der Waals surface area contributed by atoms with Gasteiger partial charge in [-0.1, -0.05) is 36.9 Å². The van der Waals surface area contributed by atoms with E-state index in [0.717, 1.165) is 16.7 Å². The molecular formula is C12H10N2. The standard InChI is InChI=1S/C12H10N2/c1-2-10-3-5-11(6-4-10)12-7-13-9-14-8-12/h2-9H,1H2. The Labute approximate surface area is 83.0 Å². The van der Waals surface area contributed by atoms with Gasteiger partial charge in [-0.2, -0.15) is 0 Å². The smallest absolute Gasteiger partial charge is 0.115 e. The van der Waals surface area contributed by atoms with Crippen LogP contribution in [-0.2, 0) is 0 Å². The van der Waals surface area contributed by atoms with Crippen LogP contribution in [0, 0.1) is 0 Å². The Hall–Kier alpha value is -1.96. The van der Waals surface area contributed by atoms with E-state index in [0.29, 0.717) is 0 Å². The largest absolute Gasteiger partial charge is 0.244 e. The number of nitrogens with zero attached hydrogens (tertiary/aromatic N) is 2. The van der Waals surface area contributed by atoms with Gasteiger partial charge in [-0.25, -0.2) is 9.97 Å². The summed E-state index contributed by atoms with van der Waals surface area (Å²) in [6, 6.07) is 8.12. The fourth-order valence-corrected chi connectivity index (χ4v) is 1.26. The molecule has 0 fully saturated rings.